The molecule has 1 nitrogen and oxygen atoms in total. The summed E-state index contributed by atoms with van der Waals surface area (Å²) in [6, 6.07) is 16.5. The van der Waals surface area contributed by atoms with Crippen LogP contribution in [0.3, 0.4) is 0 Å². The van der Waals surface area contributed by atoms with Gasteiger partial charge >= 0.3 is 0 Å². The van der Waals surface area contributed by atoms with Crippen LogP contribution in [0.2, 0.25) is 0 Å². The molecule has 0 unspecified atom stereocenters. The van der Waals surface area contributed by atoms with Crippen LogP contribution in [-0.4, -0.2) is 5.11 Å². The fraction of sp³-hybridized carbons (Fsp3) is 0.250. The number of aryl methyl sites for hydroxylation is 1. The molecule has 0 aromatic heterocycles. The van der Waals surface area contributed by atoms with Gasteiger partial charge in [-0.1, -0.05) is 48.0 Å². The minimum Gasteiger partial charge on any atom is -0.386 e. The summed E-state index contributed by atoms with van der Waals surface area (Å²) in [5.74, 6) is 0. The van der Waals surface area contributed by atoms with Gasteiger partial charge in [0.15, 0.2) is 0 Å². The minimum absolute atomic E-state index is 0.796. The lowest BCUT2D eigenvalue weighted by Gasteiger charge is -2.19. The number of benzene rings is 2. The molecular weight excluding hydrogens is 208 g/mol. The Morgan fingerprint density at radius 3 is 2.12 bits per heavy atom. The molecule has 2 aromatic rings. The highest BCUT2D eigenvalue weighted by Crippen LogP contribution is 2.27. The van der Waals surface area contributed by atoms with E-state index in [1.165, 1.54) is 11.1 Å². The first-order valence-electron chi connectivity index (χ1n) is 5.87. The van der Waals surface area contributed by atoms with Crippen molar-refractivity contribution in [2.75, 3.05) is 0 Å². The van der Waals surface area contributed by atoms with Crippen molar-refractivity contribution in [2.24, 2.45) is 0 Å². The summed E-state index contributed by atoms with van der Waals surface area (Å²) in [5, 5.41) is 10.1. The van der Waals surface area contributed by atoms with E-state index < -0.39 is 5.60 Å². The van der Waals surface area contributed by atoms with Gasteiger partial charge in [0.1, 0.15) is 0 Å². The molecule has 0 bridgehead atoms. The van der Waals surface area contributed by atoms with Gasteiger partial charge in [-0.3, -0.25) is 0 Å². The first kappa shape index (κ1) is 11.9. The molecule has 88 valence electrons. The number of hydrogen-bond acceptors (Lipinski definition) is 1. The van der Waals surface area contributed by atoms with Gasteiger partial charge in [0.05, 0.1) is 5.60 Å². The topological polar surface area (TPSA) is 20.2 Å². The summed E-state index contributed by atoms with van der Waals surface area (Å²) in [7, 11) is 0. The Kier molecular flexibility index (Phi) is 3.03. The van der Waals surface area contributed by atoms with Gasteiger partial charge in [0.2, 0.25) is 0 Å². The van der Waals surface area contributed by atoms with E-state index in [1.807, 2.05) is 38.1 Å². The van der Waals surface area contributed by atoms with Gasteiger partial charge in [-0.05, 0) is 43.5 Å². The highest BCUT2D eigenvalue weighted by atomic mass is 16.3. The Morgan fingerprint density at radius 2 is 1.53 bits per heavy atom. The first-order chi connectivity index (χ1) is 7.97. The second kappa shape index (κ2) is 4.34. The van der Waals surface area contributed by atoms with Crippen molar-refractivity contribution >= 4 is 0 Å². The molecule has 0 fully saturated rings. The van der Waals surface area contributed by atoms with Crippen molar-refractivity contribution in [1.82, 2.24) is 0 Å². The summed E-state index contributed by atoms with van der Waals surface area (Å²) in [6.07, 6.45) is 0. The van der Waals surface area contributed by atoms with Crippen LogP contribution < -0.4 is 0 Å². The molecule has 17 heavy (non-hydrogen) atoms. The molecule has 0 saturated heterocycles. The van der Waals surface area contributed by atoms with Crippen molar-refractivity contribution in [1.29, 1.82) is 0 Å². The van der Waals surface area contributed by atoms with Gasteiger partial charge < -0.3 is 5.11 Å². The standard InChI is InChI=1S/C16H18O/c1-12-9-14(13-7-5-4-6-8-13)11-15(10-12)16(2,3)17/h4-11,17H,1-3H3. The maximum Gasteiger partial charge on any atom is 0.0840 e. The first-order valence-corrected chi connectivity index (χ1v) is 5.87. The Labute approximate surface area is 103 Å². The third-order valence-corrected chi connectivity index (χ3v) is 2.89. The fourth-order valence-electron chi connectivity index (χ4n) is 1.93. The molecule has 0 aliphatic carbocycles. The Morgan fingerprint density at radius 1 is 0.882 bits per heavy atom. The summed E-state index contributed by atoms with van der Waals surface area (Å²) in [4.78, 5) is 0. The van der Waals surface area contributed by atoms with Crippen LogP contribution in [0.4, 0.5) is 0 Å². The van der Waals surface area contributed by atoms with E-state index in [1.54, 1.807) is 0 Å². The molecule has 0 saturated carbocycles. The molecule has 2 rings (SSSR count). The van der Waals surface area contributed by atoms with E-state index in [0.29, 0.717) is 0 Å². The van der Waals surface area contributed by atoms with Crippen molar-refractivity contribution in [3.8, 4) is 11.1 Å². The molecule has 0 amide bonds. The average Bonchev–Trinajstić information content (AvgIpc) is 2.28. The number of aliphatic hydroxyl groups is 1. The number of rotatable bonds is 2. The van der Waals surface area contributed by atoms with Crippen molar-refractivity contribution in [3.63, 3.8) is 0 Å². The molecule has 0 spiro atoms. The van der Waals surface area contributed by atoms with E-state index in [0.717, 1.165) is 11.1 Å². The lowest BCUT2D eigenvalue weighted by atomic mass is 9.92. The molecule has 1 N–H and O–H groups in total. The number of hydrogen-bond donors (Lipinski definition) is 1. The van der Waals surface area contributed by atoms with Crippen LogP contribution in [0.1, 0.15) is 25.0 Å². The van der Waals surface area contributed by atoms with E-state index in [2.05, 4.69) is 31.2 Å². The molecule has 1 heteroatoms. The minimum atomic E-state index is -0.796. The summed E-state index contributed by atoms with van der Waals surface area (Å²) >= 11 is 0. The Bertz CT molecular complexity index is 507. The predicted octanol–water partition coefficient (Wildman–Crippen LogP) is 3.89. The molecule has 2 aromatic carbocycles. The maximum absolute atomic E-state index is 10.1. The highest BCUT2D eigenvalue weighted by Gasteiger charge is 2.16. The molecule has 0 aliphatic heterocycles. The fourth-order valence-corrected chi connectivity index (χ4v) is 1.93. The highest BCUT2D eigenvalue weighted by molar-refractivity contribution is 5.65. The molecule has 0 aliphatic rings. The third-order valence-electron chi connectivity index (χ3n) is 2.89. The smallest absolute Gasteiger partial charge is 0.0840 e. The van der Waals surface area contributed by atoms with Crippen LogP contribution in [0.25, 0.3) is 11.1 Å². The molecular formula is C16H18O. The normalized spacial score (nSPS) is 11.5. The zero-order valence-corrected chi connectivity index (χ0v) is 10.6. The molecule has 0 radical (unpaired) electrons. The van der Waals surface area contributed by atoms with E-state index >= 15 is 0 Å². The van der Waals surface area contributed by atoms with Crippen molar-refractivity contribution < 1.29 is 5.11 Å². The van der Waals surface area contributed by atoms with E-state index in [9.17, 15) is 5.11 Å². The second-order valence-corrected chi connectivity index (χ2v) is 5.01. The Hall–Kier alpha value is -1.60. The van der Waals surface area contributed by atoms with Crippen LogP contribution in [-0.2, 0) is 5.60 Å². The Balaban J connectivity index is 2.54. The summed E-state index contributed by atoms with van der Waals surface area (Å²) in [6.45, 7) is 5.69. The molecule has 0 heterocycles. The SMILES string of the molecule is Cc1cc(-c2ccccc2)cc(C(C)(C)O)c1. The van der Waals surface area contributed by atoms with Gasteiger partial charge in [0, 0.05) is 0 Å². The third kappa shape index (κ3) is 2.75. The van der Waals surface area contributed by atoms with Gasteiger partial charge in [-0.2, -0.15) is 0 Å². The average molecular weight is 226 g/mol. The summed E-state index contributed by atoms with van der Waals surface area (Å²) in [5.41, 5.74) is 3.67. The zero-order chi connectivity index (χ0) is 12.5. The van der Waals surface area contributed by atoms with Crippen LogP contribution >= 0.6 is 0 Å². The monoisotopic (exact) mass is 226 g/mol. The second-order valence-electron chi connectivity index (χ2n) is 5.01. The van der Waals surface area contributed by atoms with Crippen LogP contribution in [0.5, 0.6) is 0 Å². The predicted molar refractivity (Wildman–Crippen MR) is 71.9 cm³/mol. The van der Waals surface area contributed by atoms with Crippen LogP contribution in [0, 0.1) is 6.92 Å². The van der Waals surface area contributed by atoms with Gasteiger partial charge in [-0.15, -0.1) is 0 Å². The van der Waals surface area contributed by atoms with Crippen molar-refractivity contribution in [3.05, 3.63) is 59.7 Å². The summed E-state index contributed by atoms with van der Waals surface area (Å²) < 4.78 is 0. The van der Waals surface area contributed by atoms with Gasteiger partial charge in [-0.25, -0.2) is 0 Å². The van der Waals surface area contributed by atoms with Gasteiger partial charge in [0.25, 0.3) is 0 Å². The van der Waals surface area contributed by atoms with E-state index in [-0.39, 0.29) is 0 Å². The lowest BCUT2D eigenvalue weighted by Crippen LogP contribution is -2.15. The van der Waals surface area contributed by atoms with Crippen LogP contribution in [0.15, 0.2) is 48.5 Å². The van der Waals surface area contributed by atoms with Crippen molar-refractivity contribution in [2.45, 2.75) is 26.4 Å². The zero-order valence-electron chi connectivity index (χ0n) is 10.6. The largest absolute Gasteiger partial charge is 0.386 e. The maximum atomic E-state index is 10.1. The molecule has 0 atom stereocenters. The van der Waals surface area contributed by atoms with E-state index in [4.69, 9.17) is 0 Å². The lowest BCUT2D eigenvalue weighted by molar-refractivity contribution is 0.0786. The quantitative estimate of drug-likeness (QED) is 0.823.